The lowest BCUT2D eigenvalue weighted by Gasteiger charge is -2.13. The Hall–Kier alpha value is -2.75. The number of aryl methyl sites for hydroxylation is 1. The molecule has 30 heavy (non-hydrogen) atoms. The molecule has 4 nitrogen and oxygen atoms in total. The SMILES string of the molecule is CCCCCCCCc1ccc(OCc2ccccc2/C(=C\OC)C(=O)OC)cc1. The van der Waals surface area contributed by atoms with Crippen LogP contribution in [-0.2, 0) is 27.3 Å². The largest absolute Gasteiger partial charge is 0.503 e. The highest BCUT2D eigenvalue weighted by molar-refractivity contribution is 6.16. The van der Waals surface area contributed by atoms with E-state index < -0.39 is 5.97 Å². The van der Waals surface area contributed by atoms with Crippen molar-refractivity contribution < 1.29 is 19.0 Å². The van der Waals surface area contributed by atoms with Crippen LogP contribution in [0.15, 0.2) is 54.8 Å². The molecular formula is C26H34O4. The molecular weight excluding hydrogens is 376 g/mol. The van der Waals surface area contributed by atoms with Crippen molar-refractivity contribution in [1.82, 2.24) is 0 Å². The highest BCUT2D eigenvalue weighted by Gasteiger charge is 2.16. The monoisotopic (exact) mass is 410 g/mol. The molecule has 0 N–H and O–H groups in total. The summed E-state index contributed by atoms with van der Waals surface area (Å²) in [5.74, 6) is 0.371. The number of hydrogen-bond acceptors (Lipinski definition) is 4. The summed E-state index contributed by atoms with van der Waals surface area (Å²) in [6.07, 6.45) is 10.4. The molecule has 0 aromatic heterocycles. The quantitative estimate of drug-likeness (QED) is 0.167. The first-order chi connectivity index (χ1) is 14.7. The second-order valence-corrected chi connectivity index (χ2v) is 7.37. The topological polar surface area (TPSA) is 44.8 Å². The smallest absolute Gasteiger partial charge is 0.341 e. The third-order valence-corrected chi connectivity index (χ3v) is 5.09. The Kier molecular flexibility index (Phi) is 10.6. The summed E-state index contributed by atoms with van der Waals surface area (Å²) >= 11 is 0. The molecule has 4 heteroatoms. The first-order valence-electron chi connectivity index (χ1n) is 10.8. The number of methoxy groups -OCH3 is 2. The van der Waals surface area contributed by atoms with E-state index in [-0.39, 0.29) is 0 Å². The van der Waals surface area contributed by atoms with Gasteiger partial charge in [-0.05, 0) is 41.7 Å². The number of ether oxygens (including phenoxy) is 3. The molecule has 162 valence electrons. The summed E-state index contributed by atoms with van der Waals surface area (Å²) in [4.78, 5) is 12.1. The lowest BCUT2D eigenvalue weighted by atomic mass is 10.0. The van der Waals surface area contributed by atoms with Gasteiger partial charge in [0.15, 0.2) is 0 Å². The minimum Gasteiger partial charge on any atom is -0.503 e. The Morgan fingerprint density at radius 3 is 2.30 bits per heavy atom. The Morgan fingerprint density at radius 2 is 1.60 bits per heavy atom. The molecule has 0 aliphatic rings. The van der Waals surface area contributed by atoms with Gasteiger partial charge in [0, 0.05) is 0 Å². The van der Waals surface area contributed by atoms with Crippen LogP contribution < -0.4 is 4.74 Å². The van der Waals surface area contributed by atoms with Crippen molar-refractivity contribution in [2.24, 2.45) is 0 Å². The van der Waals surface area contributed by atoms with Crippen LogP contribution in [0.2, 0.25) is 0 Å². The van der Waals surface area contributed by atoms with Gasteiger partial charge in [0.05, 0.1) is 20.5 Å². The van der Waals surface area contributed by atoms with Gasteiger partial charge in [-0.1, -0.05) is 75.4 Å². The molecule has 0 spiro atoms. The lowest BCUT2D eigenvalue weighted by Crippen LogP contribution is -2.08. The molecule has 0 bridgehead atoms. The fourth-order valence-corrected chi connectivity index (χ4v) is 3.38. The van der Waals surface area contributed by atoms with Crippen molar-refractivity contribution >= 4 is 11.5 Å². The fraction of sp³-hybridized carbons (Fsp3) is 0.423. The average Bonchev–Trinajstić information content (AvgIpc) is 2.79. The van der Waals surface area contributed by atoms with Gasteiger partial charge < -0.3 is 14.2 Å². The van der Waals surface area contributed by atoms with Gasteiger partial charge in [0.1, 0.15) is 17.9 Å². The highest BCUT2D eigenvalue weighted by atomic mass is 16.5. The predicted octanol–water partition coefficient (Wildman–Crippen LogP) is 6.33. The van der Waals surface area contributed by atoms with E-state index in [4.69, 9.17) is 14.2 Å². The third-order valence-electron chi connectivity index (χ3n) is 5.09. The first kappa shape index (κ1) is 23.5. The number of rotatable bonds is 13. The van der Waals surface area contributed by atoms with Gasteiger partial charge in [0.25, 0.3) is 0 Å². The number of carbonyl (C=O) groups excluding carboxylic acids is 1. The summed E-state index contributed by atoms with van der Waals surface area (Å²) in [5, 5.41) is 0. The Bertz CT molecular complexity index is 793. The van der Waals surface area contributed by atoms with Crippen molar-refractivity contribution in [3.05, 3.63) is 71.5 Å². The van der Waals surface area contributed by atoms with E-state index in [0.717, 1.165) is 23.3 Å². The zero-order valence-electron chi connectivity index (χ0n) is 18.5. The molecule has 0 amide bonds. The molecule has 0 saturated carbocycles. The molecule has 2 aromatic rings. The van der Waals surface area contributed by atoms with Crippen LogP contribution in [0.1, 0.15) is 62.1 Å². The molecule has 0 heterocycles. The highest BCUT2D eigenvalue weighted by Crippen LogP contribution is 2.23. The molecule has 0 unspecified atom stereocenters. The summed E-state index contributed by atoms with van der Waals surface area (Å²) < 4.78 is 15.9. The summed E-state index contributed by atoms with van der Waals surface area (Å²) in [6, 6.07) is 15.9. The maximum Gasteiger partial charge on any atom is 0.341 e. The Labute approximate surface area is 180 Å². The van der Waals surface area contributed by atoms with Gasteiger partial charge in [0.2, 0.25) is 0 Å². The Morgan fingerprint density at radius 1 is 0.900 bits per heavy atom. The summed E-state index contributed by atoms with van der Waals surface area (Å²) in [5.41, 5.74) is 3.34. The van der Waals surface area contributed by atoms with Gasteiger partial charge in [-0.3, -0.25) is 0 Å². The van der Waals surface area contributed by atoms with E-state index in [2.05, 4.69) is 19.1 Å². The number of unbranched alkanes of at least 4 members (excludes halogenated alkanes) is 5. The summed E-state index contributed by atoms with van der Waals surface area (Å²) in [7, 11) is 2.87. The second kappa shape index (κ2) is 13.5. The van der Waals surface area contributed by atoms with Crippen molar-refractivity contribution in [3.63, 3.8) is 0 Å². The molecule has 2 aromatic carbocycles. The second-order valence-electron chi connectivity index (χ2n) is 7.37. The van der Waals surface area contributed by atoms with Crippen LogP contribution in [0.25, 0.3) is 5.57 Å². The van der Waals surface area contributed by atoms with Crippen LogP contribution >= 0.6 is 0 Å². The van der Waals surface area contributed by atoms with Crippen LogP contribution in [0.5, 0.6) is 5.75 Å². The molecule has 0 radical (unpaired) electrons. The van der Waals surface area contributed by atoms with Gasteiger partial charge in [-0.25, -0.2) is 4.79 Å². The number of carbonyl (C=O) groups is 1. The number of esters is 1. The molecule has 0 aliphatic carbocycles. The minimum absolute atomic E-state index is 0.352. The number of benzene rings is 2. The van der Waals surface area contributed by atoms with Crippen molar-refractivity contribution in [1.29, 1.82) is 0 Å². The normalized spacial score (nSPS) is 11.2. The molecule has 0 saturated heterocycles. The zero-order chi connectivity index (χ0) is 21.6. The lowest BCUT2D eigenvalue weighted by molar-refractivity contribution is -0.133. The minimum atomic E-state index is -0.441. The molecule has 0 aliphatic heterocycles. The maximum absolute atomic E-state index is 12.1. The predicted molar refractivity (Wildman–Crippen MR) is 121 cm³/mol. The van der Waals surface area contributed by atoms with E-state index in [1.807, 2.05) is 36.4 Å². The Balaban J connectivity index is 1.93. The summed E-state index contributed by atoms with van der Waals surface area (Å²) in [6.45, 7) is 2.60. The van der Waals surface area contributed by atoms with Crippen molar-refractivity contribution in [3.8, 4) is 5.75 Å². The van der Waals surface area contributed by atoms with E-state index >= 15 is 0 Å². The van der Waals surface area contributed by atoms with Gasteiger partial charge >= 0.3 is 5.97 Å². The van der Waals surface area contributed by atoms with Crippen molar-refractivity contribution in [2.45, 2.75) is 58.5 Å². The molecule has 2 rings (SSSR count). The molecule has 0 fully saturated rings. The van der Waals surface area contributed by atoms with Crippen LogP contribution in [0.4, 0.5) is 0 Å². The fourth-order valence-electron chi connectivity index (χ4n) is 3.38. The zero-order valence-corrected chi connectivity index (χ0v) is 18.5. The van der Waals surface area contributed by atoms with E-state index in [9.17, 15) is 4.79 Å². The standard InChI is InChI=1S/C26H34O4/c1-4-5-6-7-8-9-12-21-15-17-23(18-16-21)30-19-22-13-10-11-14-24(22)25(20-28-2)26(27)29-3/h10-11,13-18,20H,4-9,12,19H2,1-3H3/b25-20+. The maximum atomic E-state index is 12.1. The molecule has 0 atom stereocenters. The van der Waals surface area contributed by atoms with Gasteiger partial charge in [-0.15, -0.1) is 0 Å². The van der Waals surface area contributed by atoms with Crippen LogP contribution in [0.3, 0.4) is 0 Å². The number of hydrogen-bond donors (Lipinski definition) is 0. The van der Waals surface area contributed by atoms with E-state index in [0.29, 0.717) is 12.2 Å². The van der Waals surface area contributed by atoms with E-state index in [1.54, 1.807) is 0 Å². The average molecular weight is 411 g/mol. The van der Waals surface area contributed by atoms with Crippen LogP contribution in [-0.4, -0.2) is 20.2 Å². The van der Waals surface area contributed by atoms with Crippen LogP contribution in [0, 0.1) is 0 Å². The van der Waals surface area contributed by atoms with Crippen molar-refractivity contribution in [2.75, 3.05) is 14.2 Å². The van der Waals surface area contributed by atoms with Gasteiger partial charge in [-0.2, -0.15) is 0 Å². The first-order valence-corrected chi connectivity index (χ1v) is 10.8. The third kappa shape index (κ3) is 7.58. The van der Waals surface area contributed by atoms with E-state index in [1.165, 1.54) is 64.6 Å².